The lowest BCUT2D eigenvalue weighted by molar-refractivity contribution is -0.117. The van der Waals surface area contributed by atoms with E-state index in [2.05, 4.69) is 5.32 Å². The van der Waals surface area contributed by atoms with E-state index in [4.69, 9.17) is 10.00 Å². The smallest absolute Gasteiger partial charge is 0.238 e. The van der Waals surface area contributed by atoms with Crippen LogP contribution in [0, 0.1) is 17.1 Å². The van der Waals surface area contributed by atoms with E-state index in [-0.39, 0.29) is 18.2 Å². The summed E-state index contributed by atoms with van der Waals surface area (Å²) in [5, 5.41) is 11.5. The van der Waals surface area contributed by atoms with Crippen LogP contribution in [0.25, 0.3) is 0 Å². The van der Waals surface area contributed by atoms with Crippen LogP contribution in [0.3, 0.4) is 0 Å². The summed E-state index contributed by atoms with van der Waals surface area (Å²) < 4.78 is 18.5. The molecule has 0 saturated heterocycles. The molecule has 2 aromatic carbocycles. The van der Waals surface area contributed by atoms with Crippen molar-refractivity contribution >= 4 is 11.6 Å². The van der Waals surface area contributed by atoms with Gasteiger partial charge in [0.1, 0.15) is 0 Å². The van der Waals surface area contributed by atoms with Crippen molar-refractivity contribution in [1.82, 2.24) is 4.90 Å². The number of carbonyl (C=O) groups is 1. The van der Waals surface area contributed by atoms with Crippen LogP contribution in [0.1, 0.15) is 11.1 Å². The van der Waals surface area contributed by atoms with Crippen molar-refractivity contribution in [3.8, 4) is 11.8 Å². The van der Waals surface area contributed by atoms with Gasteiger partial charge in [-0.25, -0.2) is 4.39 Å². The molecular weight excluding hydrogens is 309 g/mol. The zero-order chi connectivity index (χ0) is 17.5. The highest BCUT2D eigenvalue weighted by Crippen LogP contribution is 2.18. The van der Waals surface area contributed by atoms with Crippen LogP contribution in [0.2, 0.25) is 0 Å². The first kappa shape index (κ1) is 17.4. The molecule has 0 radical (unpaired) electrons. The second-order valence-electron chi connectivity index (χ2n) is 5.38. The number of halogens is 1. The predicted octanol–water partition coefficient (Wildman–Crippen LogP) is 2.78. The van der Waals surface area contributed by atoms with Gasteiger partial charge in [0.25, 0.3) is 0 Å². The highest BCUT2D eigenvalue weighted by Gasteiger charge is 2.10. The molecule has 5 nitrogen and oxygen atoms in total. The van der Waals surface area contributed by atoms with E-state index < -0.39 is 5.82 Å². The Hall–Kier alpha value is -2.91. The first-order chi connectivity index (χ1) is 11.5. The summed E-state index contributed by atoms with van der Waals surface area (Å²) in [5.41, 5.74) is 1.91. The molecule has 24 heavy (non-hydrogen) atoms. The van der Waals surface area contributed by atoms with Gasteiger partial charge in [-0.3, -0.25) is 9.69 Å². The third kappa shape index (κ3) is 4.80. The topological polar surface area (TPSA) is 65.4 Å². The second kappa shape index (κ2) is 8.09. The van der Waals surface area contributed by atoms with Gasteiger partial charge in [-0.1, -0.05) is 6.07 Å². The van der Waals surface area contributed by atoms with Crippen LogP contribution >= 0.6 is 0 Å². The van der Waals surface area contributed by atoms with Crippen molar-refractivity contribution in [2.24, 2.45) is 0 Å². The quantitative estimate of drug-likeness (QED) is 0.886. The summed E-state index contributed by atoms with van der Waals surface area (Å²) in [5.74, 6) is -0.415. The average Bonchev–Trinajstić information content (AvgIpc) is 2.55. The Bertz CT molecular complexity index is 754. The molecule has 0 unspecified atom stereocenters. The summed E-state index contributed by atoms with van der Waals surface area (Å²) in [6, 6.07) is 13.4. The monoisotopic (exact) mass is 327 g/mol. The van der Waals surface area contributed by atoms with E-state index in [9.17, 15) is 9.18 Å². The molecule has 1 amide bonds. The fourth-order valence-electron chi connectivity index (χ4n) is 2.25. The van der Waals surface area contributed by atoms with Crippen LogP contribution in [0.5, 0.6) is 5.75 Å². The maximum Gasteiger partial charge on any atom is 0.238 e. The molecule has 6 heteroatoms. The van der Waals surface area contributed by atoms with Crippen LogP contribution in [0.15, 0.2) is 42.5 Å². The number of ether oxygens (including phenoxy) is 1. The number of amides is 1. The van der Waals surface area contributed by atoms with Gasteiger partial charge in [0.2, 0.25) is 5.91 Å². The van der Waals surface area contributed by atoms with E-state index in [1.807, 2.05) is 6.07 Å². The lowest BCUT2D eigenvalue weighted by atomic mass is 10.2. The Labute approximate surface area is 140 Å². The van der Waals surface area contributed by atoms with Crippen LogP contribution in [-0.2, 0) is 11.3 Å². The number of hydrogen-bond acceptors (Lipinski definition) is 4. The summed E-state index contributed by atoms with van der Waals surface area (Å²) >= 11 is 0. The Morgan fingerprint density at radius 3 is 2.58 bits per heavy atom. The first-order valence-electron chi connectivity index (χ1n) is 7.33. The van der Waals surface area contributed by atoms with Gasteiger partial charge < -0.3 is 10.1 Å². The minimum absolute atomic E-state index is 0.160. The van der Waals surface area contributed by atoms with E-state index in [1.54, 1.807) is 48.3 Å². The average molecular weight is 327 g/mol. The largest absolute Gasteiger partial charge is 0.494 e. The molecule has 0 atom stereocenters. The van der Waals surface area contributed by atoms with E-state index in [1.165, 1.54) is 13.2 Å². The maximum absolute atomic E-state index is 13.7. The molecule has 2 aromatic rings. The Morgan fingerprint density at radius 1 is 1.29 bits per heavy atom. The molecule has 0 heterocycles. The Balaban J connectivity index is 1.89. The van der Waals surface area contributed by atoms with Crippen molar-refractivity contribution in [1.29, 1.82) is 5.26 Å². The third-order valence-corrected chi connectivity index (χ3v) is 3.38. The van der Waals surface area contributed by atoms with Gasteiger partial charge >= 0.3 is 0 Å². The summed E-state index contributed by atoms with van der Waals surface area (Å²) in [6.07, 6.45) is 0. The number of hydrogen-bond donors (Lipinski definition) is 1. The summed E-state index contributed by atoms with van der Waals surface area (Å²) in [4.78, 5) is 13.8. The van der Waals surface area contributed by atoms with E-state index >= 15 is 0 Å². The molecule has 0 aliphatic rings. The number of nitrogens with one attached hydrogen (secondary N) is 1. The SMILES string of the molecule is COc1ccc(CN(C)CC(=O)Nc2ccc(C#N)cc2)cc1F. The molecule has 0 fully saturated rings. The maximum atomic E-state index is 13.7. The Kier molecular flexibility index (Phi) is 5.88. The minimum Gasteiger partial charge on any atom is -0.494 e. The van der Waals surface area contributed by atoms with Gasteiger partial charge in [0, 0.05) is 12.2 Å². The van der Waals surface area contributed by atoms with Crippen molar-refractivity contribution in [3.63, 3.8) is 0 Å². The predicted molar refractivity (Wildman–Crippen MR) is 89.1 cm³/mol. The number of nitriles is 1. The van der Waals surface area contributed by atoms with Crippen molar-refractivity contribution in [3.05, 3.63) is 59.4 Å². The number of nitrogens with zero attached hydrogens (tertiary/aromatic N) is 2. The van der Waals surface area contributed by atoms with Crippen molar-refractivity contribution in [2.45, 2.75) is 6.54 Å². The molecule has 0 aromatic heterocycles. The van der Waals surface area contributed by atoms with Crippen LogP contribution in [0.4, 0.5) is 10.1 Å². The molecule has 1 N–H and O–H groups in total. The first-order valence-corrected chi connectivity index (χ1v) is 7.33. The van der Waals surface area contributed by atoms with Gasteiger partial charge in [0.05, 0.1) is 25.3 Å². The number of methoxy groups -OCH3 is 1. The number of anilines is 1. The van der Waals surface area contributed by atoms with Crippen LogP contribution < -0.4 is 10.1 Å². The minimum atomic E-state index is -0.426. The number of rotatable bonds is 6. The molecule has 0 spiro atoms. The molecule has 124 valence electrons. The lowest BCUT2D eigenvalue weighted by Gasteiger charge is -2.17. The van der Waals surface area contributed by atoms with Crippen molar-refractivity contribution < 1.29 is 13.9 Å². The lowest BCUT2D eigenvalue weighted by Crippen LogP contribution is -2.29. The van der Waals surface area contributed by atoms with Gasteiger partial charge in [-0.2, -0.15) is 5.26 Å². The highest BCUT2D eigenvalue weighted by atomic mass is 19.1. The zero-order valence-corrected chi connectivity index (χ0v) is 13.5. The zero-order valence-electron chi connectivity index (χ0n) is 13.5. The number of benzene rings is 2. The summed E-state index contributed by atoms with van der Waals surface area (Å²) in [7, 11) is 3.19. The molecule has 0 bridgehead atoms. The highest BCUT2D eigenvalue weighted by molar-refractivity contribution is 5.92. The number of carbonyl (C=O) groups excluding carboxylic acids is 1. The third-order valence-electron chi connectivity index (χ3n) is 3.38. The van der Waals surface area contributed by atoms with Crippen LogP contribution in [-0.4, -0.2) is 31.5 Å². The molecule has 2 rings (SSSR count). The normalized spacial score (nSPS) is 10.3. The molecule has 0 aliphatic heterocycles. The van der Waals surface area contributed by atoms with Gasteiger partial charge in [-0.05, 0) is 49.0 Å². The fourth-order valence-corrected chi connectivity index (χ4v) is 2.25. The van der Waals surface area contributed by atoms with E-state index in [0.717, 1.165) is 5.56 Å². The number of likely N-dealkylation sites (N-methyl/N-ethyl adjacent to an activating group) is 1. The Morgan fingerprint density at radius 2 is 2.00 bits per heavy atom. The standard InChI is InChI=1S/C18H18FN3O2/c1-22(11-14-5-8-17(24-2)16(19)9-14)12-18(23)21-15-6-3-13(10-20)4-7-15/h3-9H,11-12H2,1-2H3,(H,21,23). The second-order valence-corrected chi connectivity index (χ2v) is 5.38. The molecule has 0 aliphatic carbocycles. The molecular formula is C18H18FN3O2. The molecule has 0 saturated carbocycles. The summed E-state index contributed by atoms with van der Waals surface area (Å²) in [6.45, 7) is 0.593. The van der Waals surface area contributed by atoms with Gasteiger partial charge in [-0.15, -0.1) is 0 Å². The van der Waals surface area contributed by atoms with Crippen molar-refractivity contribution in [2.75, 3.05) is 26.0 Å². The van der Waals surface area contributed by atoms with E-state index in [0.29, 0.717) is 17.8 Å². The van der Waals surface area contributed by atoms with Gasteiger partial charge in [0.15, 0.2) is 11.6 Å². The fraction of sp³-hybridized carbons (Fsp3) is 0.222.